The lowest BCUT2D eigenvalue weighted by atomic mass is 10.1. The molecule has 1 heterocycles. The quantitative estimate of drug-likeness (QED) is 0.174. The molecule has 0 spiro atoms. The van der Waals surface area contributed by atoms with Crippen molar-refractivity contribution in [3.8, 4) is 23.0 Å². The minimum Gasteiger partial charge on any atom is -0.477 e. The Morgan fingerprint density at radius 2 is 1.63 bits per heavy atom. The average molecular weight is 567 g/mol. The summed E-state index contributed by atoms with van der Waals surface area (Å²) in [7, 11) is 0. The number of carbonyl (C=O) groups excluding carboxylic acids is 1. The molecule has 11 heteroatoms. The van der Waals surface area contributed by atoms with Gasteiger partial charge in [-0.2, -0.15) is 13.2 Å². The van der Waals surface area contributed by atoms with Gasteiger partial charge in [0.15, 0.2) is 6.10 Å². The van der Waals surface area contributed by atoms with Crippen LogP contribution in [0.4, 0.5) is 13.2 Å². The van der Waals surface area contributed by atoms with Gasteiger partial charge in [0.1, 0.15) is 22.8 Å². The smallest absolute Gasteiger partial charge is 0.453 e. The van der Waals surface area contributed by atoms with Gasteiger partial charge in [0.05, 0.1) is 10.4 Å². The van der Waals surface area contributed by atoms with Crippen LogP contribution in [0.25, 0.3) is 11.0 Å². The van der Waals surface area contributed by atoms with Gasteiger partial charge in [0, 0.05) is 11.1 Å². The van der Waals surface area contributed by atoms with E-state index in [0.717, 1.165) is 17.2 Å². The summed E-state index contributed by atoms with van der Waals surface area (Å²) in [6.07, 6.45) is -6.19. The molecular formula is C27H19Cl2F3O6. The van der Waals surface area contributed by atoms with E-state index in [4.69, 9.17) is 41.8 Å². The van der Waals surface area contributed by atoms with Crippen molar-refractivity contribution in [2.75, 3.05) is 0 Å². The van der Waals surface area contributed by atoms with Crippen LogP contribution in [0, 0.1) is 13.8 Å². The van der Waals surface area contributed by atoms with Crippen molar-refractivity contribution in [3.63, 3.8) is 0 Å². The molecule has 0 bridgehead atoms. The van der Waals surface area contributed by atoms with Gasteiger partial charge in [0.25, 0.3) is 5.76 Å². The topological polar surface area (TPSA) is 75.0 Å². The van der Waals surface area contributed by atoms with Crippen LogP contribution < -0.4 is 19.6 Å². The van der Waals surface area contributed by atoms with Gasteiger partial charge in [-0.3, -0.25) is 4.79 Å². The minimum absolute atomic E-state index is 0.0555. The summed E-state index contributed by atoms with van der Waals surface area (Å²) < 4.78 is 62.8. The summed E-state index contributed by atoms with van der Waals surface area (Å²) in [5, 5.41) is 0.341. The maximum absolute atomic E-state index is 13.9. The predicted octanol–water partition coefficient (Wildman–Crippen LogP) is 7.90. The van der Waals surface area contributed by atoms with E-state index < -0.39 is 40.8 Å². The molecule has 3 aromatic carbocycles. The van der Waals surface area contributed by atoms with E-state index in [2.05, 4.69) is 0 Å². The number of alkyl halides is 3. The molecule has 0 N–H and O–H groups in total. The Balaban J connectivity index is 1.65. The number of esters is 1. The number of ether oxygens (including phenoxy) is 3. The highest BCUT2D eigenvalue weighted by molar-refractivity contribution is 6.35. The molecule has 0 saturated heterocycles. The number of hydrogen-bond acceptors (Lipinski definition) is 6. The summed E-state index contributed by atoms with van der Waals surface area (Å²) in [6.45, 7) is 4.88. The van der Waals surface area contributed by atoms with Crippen molar-refractivity contribution in [1.82, 2.24) is 0 Å². The van der Waals surface area contributed by atoms with Crippen LogP contribution in [-0.4, -0.2) is 12.1 Å². The molecule has 4 aromatic rings. The second kappa shape index (κ2) is 10.6. The third-order valence-corrected chi connectivity index (χ3v) is 5.77. The van der Waals surface area contributed by atoms with Crippen molar-refractivity contribution in [2.45, 2.75) is 33.1 Å². The lowest BCUT2D eigenvalue weighted by Crippen LogP contribution is -2.28. The van der Waals surface area contributed by atoms with Crippen LogP contribution in [0.2, 0.25) is 10.0 Å². The Morgan fingerprint density at radius 1 is 0.947 bits per heavy atom. The van der Waals surface area contributed by atoms with Crippen LogP contribution in [0.5, 0.6) is 23.0 Å². The standard InChI is InChI=1S/C27H19Cl2F3O6/c1-13-8-14(2)10-18(9-13)36-24-23(33)19-6-5-17(12-22(19)38-25(24)27(30,31)32)37-26(34)15(3)35-21-7-4-16(28)11-20(21)29/h4-12,15H,1-3H3. The third-order valence-electron chi connectivity index (χ3n) is 5.24. The number of rotatable bonds is 6. The van der Waals surface area contributed by atoms with Gasteiger partial charge in [-0.25, -0.2) is 4.79 Å². The van der Waals surface area contributed by atoms with Crippen molar-refractivity contribution in [1.29, 1.82) is 0 Å². The highest BCUT2D eigenvalue weighted by Gasteiger charge is 2.40. The van der Waals surface area contributed by atoms with Gasteiger partial charge in [-0.15, -0.1) is 0 Å². The summed E-state index contributed by atoms with van der Waals surface area (Å²) in [4.78, 5) is 25.6. The largest absolute Gasteiger partial charge is 0.477 e. The van der Waals surface area contributed by atoms with E-state index in [1.807, 2.05) is 0 Å². The number of hydrogen-bond donors (Lipinski definition) is 0. The molecule has 0 fully saturated rings. The molecule has 0 aliphatic carbocycles. The summed E-state index contributed by atoms with van der Waals surface area (Å²) >= 11 is 11.9. The van der Waals surface area contributed by atoms with Gasteiger partial charge in [-0.05, 0) is 74.4 Å². The molecule has 198 valence electrons. The SMILES string of the molecule is Cc1cc(C)cc(Oc2c(C(F)(F)F)oc3cc(OC(=O)C(C)Oc4ccc(Cl)cc4Cl)ccc3c2=O)c1. The fourth-order valence-electron chi connectivity index (χ4n) is 3.62. The number of carbonyl (C=O) groups is 1. The maximum Gasteiger partial charge on any atom is 0.453 e. The number of halogens is 5. The molecule has 0 amide bonds. The second-order valence-electron chi connectivity index (χ2n) is 8.43. The molecule has 1 unspecified atom stereocenters. The van der Waals surface area contributed by atoms with Crippen LogP contribution in [0.1, 0.15) is 23.8 Å². The van der Waals surface area contributed by atoms with Gasteiger partial charge in [0.2, 0.25) is 11.2 Å². The fourth-order valence-corrected chi connectivity index (χ4v) is 4.07. The first-order valence-corrected chi connectivity index (χ1v) is 11.8. The summed E-state index contributed by atoms with van der Waals surface area (Å²) in [5.41, 5.74) is -0.0112. The van der Waals surface area contributed by atoms with E-state index >= 15 is 0 Å². The molecule has 4 rings (SSSR count). The van der Waals surface area contributed by atoms with Crippen molar-refractivity contribution in [3.05, 3.63) is 91.8 Å². The first-order valence-electron chi connectivity index (χ1n) is 11.1. The summed E-state index contributed by atoms with van der Waals surface area (Å²) in [5.74, 6) is -3.42. The molecule has 0 radical (unpaired) electrons. The molecular weight excluding hydrogens is 548 g/mol. The van der Waals surface area contributed by atoms with Crippen LogP contribution in [0.3, 0.4) is 0 Å². The number of benzene rings is 3. The molecule has 1 atom stereocenters. The van der Waals surface area contributed by atoms with Crippen LogP contribution in [0.15, 0.2) is 63.8 Å². The monoisotopic (exact) mass is 566 g/mol. The third kappa shape index (κ3) is 6.06. The predicted molar refractivity (Wildman–Crippen MR) is 136 cm³/mol. The molecule has 6 nitrogen and oxygen atoms in total. The minimum atomic E-state index is -5.05. The van der Waals surface area contributed by atoms with E-state index in [0.29, 0.717) is 5.02 Å². The zero-order chi connectivity index (χ0) is 27.8. The van der Waals surface area contributed by atoms with Gasteiger partial charge >= 0.3 is 12.1 Å². The lowest BCUT2D eigenvalue weighted by Gasteiger charge is -2.16. The Bertz CT molecular complexity index is 1580. The molecule has 0 aliphatic rings. The van der Waals surface area contributed by atoms with Crippen molar-refractivity contribution < 1.29 is 36.6 Å². The van der Waals surface area contributed by atoms with E-state index in [1.54, 1.807) is 19.9 Å². The molecule has 0 saturated carbocycles. The first-order chi connectivity index (χ1) is 17.8. The Labute approximate surface area is 224 Å². The Hall–Kier alpha value is -3.69. The van der Waals surface area contributed by atoms with Crippen LogP contribution >= 0.6 is 23.2 Å². The Kier molecular flexibility index (Phi) is 7.62. The fraction of sp³-hybridized carbons (Fsp3) is 0.185. The molecule has 1 aromatic heterocycles. The Morgan fingerprint density at radius 3 is 2.26 bits per heavy atom. The van der Waals surface area contributed by atoms with Crippen molar-refractivity contribution in [2.24, 2.45) is 0 Å². The number of fused-ring (bicyclic) bond motifs is 1. The normalized spacial score (nSPS) is 12.3. The second-order valence-corrected chi connectivity index (χ2v) is 9.27. The number of aryl methyl sites for hydroxylation is 2. The van der Waals surface area contributed by atoms with E-state index in [1.165, 1.54) is 49.4 Å². The van der Waals surface area contributed by atoms with E-state index in [9.17, 15) is 22.8 Å². The average Bonchev–Trinajstić information content (AvgIpc) is 2.81. The molecule has 0 aliphatic heterocycles. The molecule has 38 heavy (non-hydrogen) atoms. The van der Waals surface area contributed by atoms with Crippen molar-refractivity contribution >= 4 is 40.1 Å². The van der Waals surface area contributed by atoms with Gasteiger partial charge in [-0.1, -0.05) is 29.3 Å². The van der Waals surface area contributed by atoms with Crippen LogP contribution in [-0.2, 0) is 11.0 Å². The first kappa shape index (κ1) is 27.3. The zero-order valence-corrected chi connectivity index (χ0v) is 21.6. The summed E-state index contributed by atoms with van der Waals surface area (Å²) in [6, 6.07) is 12.6. The maximum atomic E-state index is 13.9. The van der Waals surface area contributed by atoms with E-state index in [-0.39, 0.29) is 27.7 Å². The highest BCUT2D eigenvalue weighted by atomic mass is 35.5. The van der Waals surface area contributed by atoms with Gasteiger partial charge < -0.3 is 18.6 Å². The lowest BCUT2D eigenvalue weighted by molar-refractivity contribution is -0.154. The highest BCUT2D eigenvalue weighted by Crippen LogP contribution is 2.39. The zero-order valence-electron chi connectivity index (χ0n) is 20.1.